The van der Waals surface area contributed by atoms with E-state index in [0.29, 0.717) is 19.6 Å². The number of hydrogen-bond acceptors (Lipinski definition) is 4. The van der Waals surface area contributed by atoms with Crippen LogP contribution in [0.1, 0.15) is 25.2 Å². The number of nitrogens with zero attached hydrogens (tertiary/aromatic N) is 2. The Morgan fingerprint density at radius 3 is 2.63 bits per heavy atom. The lowest BCUT2D eigenvalue weighted by Crippen LogP contribution is -2.65. The fourth-order valence-corrected chi connectivity index (χ4v) is 2.32. The number of likely N-dealkylation sites (tertiary alicyclic amines) is 1. The summed E-state index contributed by atoms with van der Waals surface area (Å²) in [5.74, 6) is 0.142. The Kier molecular flexibility index (Phi) is 3.64. The molecule has 0 bridgehead atoms. The molecule has 1 aliphatic rings. The maximum Gasteiger partial charge on any atom is 0.238 e. The molecule has 0 atom stereocenters. The largest absolute Gasteiger partial charge is 0.387 e. The number of rotatable bonds is 4. The van der Waals surface area contributed by atoms with Crippen LogP contribution in [-0.2, 0) is 4.79 Å². The molecule has 2 heterocycles. The molecule has 19 heavy (non-hydrogen) atoms. The van der Waals surface area contributed by atoms with E-state index in [1.807, 2.05) is 32.6 Å². The number of aliphatic hydroxyl groups is 1. The first-order valence-electron chi connectivity index (χ1n) is 6.58. The molecule has 1 saturated heterocycles. The monoisotopic (exact) mass is 266 g/mol. The van der Waals surface area contributed by atoms with Crippen molar-refractivity contribution in [2.24, 2.45) is 5.92 Å². The van der Waals surface area contributed by atoms with Crippen molar-refractivity contribution in [2.75, 3.05) is 25.0 Å². The van der Waals surface area contributed by atoms with Crippen LogP contribution in [-0.4, -0.2) is 51.3 Å². The number of β-amino-alcohol motifs (C(OH)–C–C–N with tert-alkyl or cyclic N) is 1. The second kappa shape index (κ2) is 4.94. The van der Waals surface area contributed by atoms with Gasteiger partial charge in [0.1, 0.15) is 0 Å². The van der Waals surface area contributed by atoms with E-state index < -0.39 is 5.60 Å². The summed E-state index contributed by atoms with van der Waals surface area (Å²) >= 11 is 0. The fraction of sp³-hybridized carbons (Fsp3) is 0.692. The highest BCUT2D eigenvalue weighted by atomic mass is 16.3. The summed E-state index contributed by atoms with van der Waals surface area (Å²) in [4.78, 5) is 13.9. The van der Waals surface area contributed by atoms with Crippen molar-refractivity contribution in [3.05, 3.63) is 11.4 Å². The zero-order chi connectivity index (χ0) is 14.2. The van der Waals surface area contributed by atoms with Gasteiger partial charge in [0.2, 0.25) is 5.91 Å². The van der Waals surface area contributed by atoms with Crippen LogP contribution in [0, 0.1) is 19.8 Å². The molecule has 3 N–H and O–H groups in total. The predicted molar refractivity (Wildman–Crippen MR) is 72.9 cm³/mol. The van der Waals surface area contributed by atoms with E-state index in [1.165, 1.54) is 0 Å². The lowest BCUT2D eigenvalue weighted by Gasteiger charge is -2.48. The van der Waals surface area contributed by atoms with Crippen LogP contribution in [0.5, 0.6) is 0 Å². The first-order chi connectivity index (χ1) is 8.82. The lowest BCUT2D eigenvalue weighted by molar-refractivity contribution is -0.139. The minimum atomic E-state index is -0.637. The Labute approximate surface area is 113 Å². The first-order valence-corrected chi connectivity index (χ1v) is 6.58. The standard InChI is InChI=1S/C13H22N4O2/c1-8(2)13(19)6-17(7-13)5-11(18)14-12-9(3)15-16-10(12)4/h8,19H,5-7H2,1-4H3,(H,14,18)(H,15,16). The van der Waals surface area contributed by atoms with Gasteiger partial charge in [-0.2, -0.15) is 5.10 Å². The van der Waals surface area contributed by atoms with E-state index >= 15 is 0 Å². The molecule has 0 aliphatic carbocycles. The topological polar surface area (TPSA) is 81.2 Å². The van der Waals surface area contributed by atoms with Gasteiger partial charge < -0.3 is 10.4 Å². The zero-order valence-electron chi connectivity index (χ0n) is 11.9. The van der Waals surface area contributed by atoms with E-state index in [4.69, 9.17) is 0 Å². The second-order valence-corrected chi connectivity index (χ2v) is 5.76. The Morgan fingerprint density at radius 2 is 2.16 bits per heavy atom. The zero-order valence-corrected chi connectivity index (χ0v) is 11.9. The molecular weight excluding hydrogens is 244 g/mol. The fourth-order valence-electron chi connectivity index (χ4n) is 2.32. The Balaban J connectivity index is 1.84. The number of amides is 1. The first kappa shape index (κ1) is 14.0. The van der Waals surface area contributed by atoms with E-state index in [9.17, 15) is 9.90 Å². The molecule has 0 unspecified atom stereocenters. The molecule has 1 fully saturated rings. The number of aromatic nitrogens is 2. The summed E-state index contributed by atoms with van der Waals surface area (Å²) in [6.45, 7) is 9.13. The van der Waals surface area contributed by atoms with Crippen molar-refractivity contribution in [3.63, 3.8) is 0 Å². The van der Waals surface area contributed by atoms with Crippen molar-refractivity contribution >= 4 is 11.6 Å². The third kappa shape index (κ3) is 2.79. The summed E-state index contributed by atoms with van der Waals surface area (Å²) in [5.41, 5.74) is 1.76. The van der Waals surface area contributed by atoms with Gasteiger partial charge in [0.15, 0.2) is 0 Å². The average Bonchev–Trinajstić information content (AvgIpc) is 2.58. The molecule has 6 heteroatoms. The van der Waals surface area contributed by atoms with Gasteiger partial charge in [0.05, 0.1) is 29.2 Å². The number of nitrogens with one attached hydrogen (secondary N) is 2. The van der Waals surface area contributed by atoms with Gasteiger partial charge in [-0.15, -0.1) is 0 Å². The molecule has 6 nitrogen and oxygen atoms in total. The van der Waals surface area contributed by atoms with Crippen LogP contribution in [0.4, 0.5) is 5.69 Å². The summed E-state index contributed by atoms with van der Waals surface area (Å²) in [6.07, 6.45) is 0. The van der Waals surface area contributed by atoms with Crippen molar-refractivity contribution < 1.29 is 9.90 Å². The summed E-state index contributed by atoms with van der Waals surface area (Å²) in [5, 5.41) is 19.9. The van der Waals surface area contributed by atoms with Gasteiger partial charge in [-0.25, -0.2) is 0 Å². The van der Waals surface area contributed by atoms with Crippen LogP contribution < -0.4 is 5.32 Å². The van der Waals surface area contributed by atoms with Gasteiger partial charge in [0, 0.05) is 13.1 Å². The number of aromatic amines is 1. The average molecular weight is 266 g/mol. The normalized spacial score (nSPS) is 18.4. The highest BCUT2D eigenvalue weighted by molar-refractivity contribution is 5.93. The smallest absolute Gasteiger partial charge is 0.238 e. The summed E-state index contributed by atoms with van der Waals surface area (Å²) in [6, 6.07) is 0. The van der Waals surface area contributed by atoms with Crippen LogP contribution in [0.15, 0.2) is 0 Å². The molecule has 2 rings (SSSR count). The van der Waals surface area contributed by atoms with Crippen LogP contribution in [0.3, 0.4) is 0 Å². The summed E-state index contributed by atoms with van der Waals surface area (Å²) < 4.78 is 0. The van der Waals surface area contributed by atoms with E-state index in [-0.39, 0.29) is 11.8 Å². The maximum absolute atomic E-state index is 11.9. The molecule has 0 spiro atoms. The molecule has 0 radical (unpaired) electrons. The SMILES string of the molecule is Cc1n[nH]c(C)c1NC(=O)CN1CC(O)(C(C)C)C1. The number of aryl methyl sites for hydroxylation is 2. The Morgan fingerprint density at radius 1 is 1.53 bits per heavy atom. The van der Waals surface area contributed by atoms with Crippen molar-refractivity contribution in [1.82, 2.24) is 15.1 Å². The third-order valence-electron chi connectivity index (χ3n) is 3.83. The molecule has 0 saturated carbocycles. The number of anilines is 1. The Bertz CT molecular complexity index is 455. The molecule has 0 aromatic carbocycles. The molecule has 1 amide bonds. The second-order valence-electron chi connectivity index (χ2n) is 5.76. The van der Waals surface area contributed by atoms with Gasteiger partial charge in [-0.1, -0.05) is 13.8 Å². The number of carbonyl (C=O) groups is 1. The number of H-pyrrole nitrogens is 1. The lowest BCUT2D eigenvalue weighted by atomic mass is 9.83. The maximum atomic E-state index is 11.9. The van der Waals surface area contributed by atoms with E-state index in [0.717, 1.165) is 17.1 Å². The van der Waals surface area contributed by atoms with Crippen molar-refractivity contribution in [3.8, 4) is 0 Å². The third-order valence-corrected chi connectivity index (χ3v) is 3.83. The highest BCUT2D eigenvalue weighted by Crippen LogP contribution is 2.28. The highest BCUT2D eigenvalue weighted by Gasteiger charge is 2.43. The Hall–Kier alpha value is -1.40. The van der Waals surface area contributed by atoms with Gasteiger partial charge in [-0.05, 0) is 19.8 Å². The molecule has 1 aromatic heterocycles. The van der Waals surface area contributed by atoms with Gasteiger partial charge in [-0.3, -0.25) is 14.8 Å². The number of hydrogen-bond donors (Lipinski definition) is 3. The molecule has 106 valence electrons. The van der Waals surface area contributed by atoms with Crippen LogP contribution in [0.25, 0.3) is 0 Å². The summed E-state index contributed by atoms with van der Waals surface area (Å²) in [7, 11) is 0. The molecular formula is C13H22N4O2. The van der Waals surface area contributed by atoms with Crippen molar-refractivity contribution in [1.29, 1.82) is 0 Å². The minimum Gasteiger partial charge on any atom is -0.387 e. The van der Waals surface area contributed by atoms with Crippen molar-refractivity contribution in [2.45, 2.75) is 33.3 Å². The molecule has 1 aliphatic heterocycles. The van der Waals surface area contributed by atoms with Crippen LogP contribution >= 0.6 is 0 Å². The van der Waals surface area contributed by atoms with E-state index in [2.05, 4.69) is 15.5 Å². The molecule has 1 aromatic rings. The van der Waals surface area contributed by atoms with Gasteiger partial charge >= 0.3 is 0 Å². The van der Waals surface area contributed by atoms with E-state index in [1.54, 1.807) is 0 Å². The van der Waals surface area contributed by atoms with Gasteiger partial charge in [0.25, 0.3) is 0 Å². The number of carbonyl (C=O) groups excluding carboxylic acids is 1. The van der Waals surface area contributed by atoms with Crippen LogP contribution in [0.2, 0.25) is 0 Å². The predicted octanol–water partition coefficient (Wildman–Crippen LogP) is 0.668. The quantitative estimate of drug-likeness (QED) is 0.748. The minimum absolute atomic E-state index is 0.0709.